The molecule has 4 aromatic rings. The van der Waals surface area contributed by atoms with Gasteiger partial charge in [-0.15, -0.1) is 0 Å². The smallest absolute Gasteiger partial charge is 0.311 e. The minimum absolute atomic E-state index is 0.00924. The molecule has 0 aliphatic heterocycles. The molecule has 0 radical (unpaired) electrons. The molecule has 2 aromatic heterocycles. The van der Waals surface area contributed by atoms with E-state index in [0.717, 1.165) is 11.1 Å². The summed E-state index contributed by atoms with van der Waals surface area (Å²) in [6.07, 6.45) is 2.25. The molecular formula is C29H31N5O4. The van der Waals surface area contributed by atoms with Crippen LogP contribution < -0.4 is 14.8 Å². The number of nitrogens with zero attached hydrogens (tertiary/aromatic N) is 4. The topological polar surface area (TPSA) is 108 Å². The molecule has 2 aromatic carbocycles. The third-order valence-corrected chi connectivity index (χ3v) is 6.05. The number of amides is 1. The van der Waals surface area contributed by atoms with Gasteiger partial charge in [0.1, 0.15) is 5.82 Å². The zero-order chi connectivity index (χ0) is 27.1. The monoisotopic (exact) mass is 513 g/mol. The van der Waals surface area contributed by atoms with Crippen LogP contribution in [-0.2, 0) is 11.8 Å². The van der Waals surface area contributed by atoms with E-state index in [-0.39, 0.29) is 29.5 Å². The lowest BCUT2D eigenvalue weighted by atomic mass is 9.91. The maximum absolute atomic E-state index is 13.3. The van der Waals surface area contributed by atoms with Crippen molar-refractivity contribution in [1.29, 1.82) is 0 Å². The van der Waals surface area contributed by atoms with Gasteiger partial charge in [-0.2, -0.15) is 5.10 Å². The van der Waals surface area contributed by atoms with Gasteiger partial charge < -0.3 is 14.8 Å². The third kappa shape index (κ3) is 5.88. The van der Waals surface area contributed by atoms with Gasteiger partial charge in [-0.05, 0) is 24.5 Å². The lowest BCUT2D eigenvalue weighted by molar-refractivity contribution is -0.134. The van der Waals surface area contributed by atoms with Crippen molar-refractivity contribution in [3.63, 3.8) is 0 Å². The number of carbonyl (C=O) groups excluding carboxylic acids is 2. The molecule has 0 aliphatic rings. The van der Waals surface area contributed by atoms with E-state index >= 15 is 0 Å². The summed E-state index contributed by atoms with van der Waals surface area (Å²) in [7, 11) is 3.23. The molecule has 1 atom stereocenters. The normalized spacial score (nSPS) is 11.7. The Morgan fingerprint density at radius 1 is 1.00 bits per heavy atom. The van der Waals surface area contributed by atoms with E-state index in [1.165, 1.54) is 19.4 Å². The van der Waals surface area contributed by atoms with E-state index in [9.17, 15) is 9.59 Å². The number of hydrogen-bond acceptors (Lipinski definition) is 7. The highest BCUT2D eigenvalue weighted by molar-refractivity contribution is 5.96. The van der Waals surface area contributed by atoms with Crippen molar-refractivity contribution in [3.05, 3.63) is 101 Å². The number of aryl methyl sites for hydroxylation is 1. The van der Waals surface area contributed by atoms with Crippen molar-refractivity contribution in [3.8, 4) is 11.5 Å². The molecule has 2 heterocycles. The van der Waals surface area contributed by atoms with Crippen LogP contribution in [0, 0.1) is 0 Å². The molecule has 196 valence electrons. The fraction of sp³-hybridized carbons (Fsp3) is 0.276. The summed E-state index contributed by atoms with van der Waals surface area (Å²) >= 11 is 0. The molecule has 0 saturated heterocycles. The first-order valence-electron chi connectivity index (χ1n) is 12.5. The Morgan fingerprint density at radius 2 is 1.63 bits per heavy atom. The Morgan fingerprint density at radius 3 is 2.21 bits per heavy atom. The molecule has 9 heteroatoms. The van der Waals surface area contributed by atoms with E-state index in [1.54, 1.807) is 11.7 Å². The minimum Gasteiger partial charge on any atom is -0.493 e. The Hall–Kier alpha value is -4.53. The second kappa shape index (κ2) is 12.1. The third-order valence-electron chi connectivity index (χ3n) is 6.05. The summed E-state index contributed by atoms with van der Waals surface area (Å²) in [5.41, 5.74) is 2.08. The lowest BCUT2D eigenvalue weighted by Crippen LogP contribution is -2.30. The van der Waals surface area contributed by atoms with Gasteiger partial charge in [0.05, 0.1) is 19.1 Å². The average Bonchev–Trinajstić information content (AvgIpc) is 3.31. The first kappa shape index (κ1) is 26.5. The second-order valence-corrected chi connectivity index (χ2v) is 8.82. The SMILES string of the molecule is CCCC(=O)Oc1c(OC)ccnc1C(=O)N[C@@H](C)c1nc(C(c2ccccc2)c2ccccc2)nn1C. The predicted octanol–water partition coefficient (Wildman–Crippen LogP) is 4.60. The number of benzene rings is 2. The average molecular weight is 514 g/mol. The molecule has 0 unspecified atom stereocenters. The molecule has 0 aliphatic carbocycles. The van der Waals surface area contributed by atoms with Crippen LogP contribution >= 0.6 is 0 Å². The standard InChI is InChI=1S/C29H31N5O4/c1-5-12-23(35)38-26-22(37-4)17-18-30-25(26)29(36)31-19(2)28-32-27(33-34(28)3)24(20-13-8-6-9-14-20)21-15-10-7-11-16-21/h6-11,13-19,24H,5,12H2,1-4H3,(H,31,36)/t19-/m0/s1. The quantitative estimate of drug-likeness (QED) is 0.309. The maximum Gasteiger partial charge on any atom is 0.311 e. The highest BCUT2D eigenvalue weighted by atomic mass is 16.6. The first-order chi connectivity index (χ1) is 18.4. The summed E-state index contributed by atoms with van der Waals surface area (Å²) < 4.78 is 12.4. The number of nitrogens with one attached hydrogen (secondary N) is 1. The maximum atomic E-state index is 13.3. The van der Waals surface area contributed by atoms with Crippen LogP contribution in [0.15, 0.2) is 72.9 Å². The van der Waals surface area contributed by atoms with Crippen LogP contribution in [0.25, 0.3) is 0 Å². The Balaban J connectivity index is 1.62. The molecule has 9 nitrogen and oxygen atoms in total. The lowest BCUT2D eigenvalue weighted by Gasteiger charge is -2.16. The minimum atomic E-state index is -0.525. The van der Waals surface area contributed by atoms with Gasteiger partial charge in [0.25, 0.3) is 5.91 Å². The highest BCUT2D eigenvalue weighted by Crippen LogP contribution is 2.32. The molecule has 4 rings (SSSR count). The molecule has 38 heavy (non-hydrogen) atoms. The zero-order valence-corrected chi connectivity index (χ0v) is 21.9. The molecule has 0 fully saturated rings. The Labute approximate surface area is 221 Å². The van der Waals surface area contributed by atoms with Gasteiger partial charge in [0.15, 0.2) is 17.3 Å². The van der Waals surface area contributed by atoms with Crippen molar-refractivity contribution in [2.75, 3.05) is 7.11 Å². The molecule has 1 N–H and O–H groups in total. The zero-order valence-electron chi connectivity index (χ0n) is 21.9. The van der Waals surface area contributed by atoms with Crippen LogP contribution in [0.3, 0.4) is 0 Å². The second-order valence-electron chi connectivity index (χ2n) is 8.82. The van der Waals surface area contributed by atoms with Crippen LogP contribution in [0.5, 0.6) is 11.5 Å². The number of pyridine rings is 1. The number of ether oxygens (including phenoxy) is 2. The Bertz CT molecular complexity index is 1350. The van der Waals surface area contributed by atoms with Crippen molar-refractivity contribution >= 4 is 11.9 Å². The van der Waals surface area contributed by atoms with Gasteiger partial charge in [0, 0.05) is 25.7 Å². The van der Waals surface area contributed by atoms with Crippen LogP contribution in [0.2, 0.25) is 0 Å². The number of rotatable bonds is 10. The fourth-order valence-electron chi connectivity index (χ4n) is 4.25. The van der Waals surface area contributed by atoms with Gasteiger partial charge >= 0.3 is 5.97 Å². The number of methoxy groups -OCH3 is 1. The van der Waals surface area contributed by atoms with Crippen molar-refractivity contribution in [1.82, 2.24) is 25.1 Å². The van der Waals surface area contributed by atoms with Crippen molar-refractivity contribution < 1.29 is 19.1 Å². The van der Waals surface area contributed by atoms with E-state index in [2.05, 4.69) is 34.6 Å². The highest BCUT2D eigenvalue weighted by Gasteiger charge is 2.27. The van der Waals surface area contributed by atoms with Crippen LogP contribution in [-0.4, -0.2) is 38.7 Å². The fourth-order valence-corrected chi connectivity index (χ4v) is 4.25. The van der Waals surface area contributed by atoms with Crippen LogP contribution in [0.1, 0.15) is 71.9 Å². The largest absolute Gasteiger partial charge is 0.493 e. The number of carbonyl (C=O) groups is 2. The van der Waals surface area contributed by atoms with Crippen molar-refractivity contribution in [2.45, 2.75) is 38.6 Å². The Kier molecular flexibility index (Phi) is 8.47. The van der Waals surface area contributed by atoms with Gasteiger partial charge in [-0.3, -0.25) is 14.3 Å². The van der Waals surface area contributed by atoms with Crippen molar-refractivity contribution in [2.24, 2.45) is 7.05 Å². The van der Waals surface area contributed by atoms with Gasteiger partial charge in [0.2, 0.25) is 5.75 Å². The summed E-state index contributed by atoms with van der Waals surface area (Å²) in [6, 6.07) is 21.1. The molecular weight excluding hydrogens is 482 g/mol. The molecule has 0 saturated carbocycles. The predicted molar refractivity (Wildman–Crippen MR) is 142 cm³/mol. The molecule has 0 bridgehead atoms. The number of aromatic nitrogens is 4. The summed E-state index contributed by atoms with van der Waals surface area (Å²) in [6.45, 7) is 3.68. The molecule has 1 amide bonds. The van der Waals surface area contributed by atoms with E-state index in [4.69, 9.17) is 19.6 Å². The van der Waals surface area contributed by atoms with E-state index in [0.29, 0.717) is 18.1 Å². The van der Waals surface area contributed by atoms with Gasteiger partial charge in [-0.25, -0.2) is 9.97 Å². The van der Waals surface area contributed by atoms with E-state index in [1.807, 2.05) is 50.2 Å². The molecule has 0 spiro atoms. The number of hydrogen-bond donors (Lipinski definition) is 1. The summed E-state index contributed by atoms with van der Waals surface area (Å²) in [5.74, 6) is 0.258. The summed E-state index contributed by atoms with van der Waals surface area (Å²) in [5, 5.41) is 7.63. The van der Waals surface area contributed by atoms with Gasteiger partial charge in [-0.1, -0.05) is 67.6 Å². The number of esters is 1. The first-order valence-corrected chi connectivity index (χ1v) is 12.5. The van der Waals surface area contributed by atoms with Crippen LogP contribution in [0.4, 0.5) is 0 Å². The van der Waals surface area contributed by atoms with E-state index < -0.39 is 17.9 Å². The summed E-state index contributed by atoms with van der Waals surface area (Å²) in [4.78, 5) is 34.5.